The van der Waals surface area contributed by atoms with Crippen LogP contribution in [0.15, 0.2) is 0 Å². The third-order valence-corrected chi connectivity index (χ3v) is 1.79. The molecule has 1 aliphatic carbocycles. The molecule has 0 aromatic rings. The van der Waals surface area contributed by atoms with E-state index in [1.807, 2.05) is 0 Å². The first kappa shape index (κ1) is 10.7. The van der Waals surface area contributed by atoms with Gasteiger partial charge in [-0.05, 0) is 12.3 Å². The molecule has 0 aromatic carbocycles. The lowest BCUT2D eigenvalue weighted by molar-refractivity contribution is -0.142. The Morgan fingerprint density at radius 2 is 2.27 bits per heavy atom. The van der Waals surface area contributed by atoms with E-state index >= 15 is 0 Å². The zero-order valence-electron chi connectivity index (χ0n) is 6.58. The highest BCUT2D eigenvalue weighted by molar-refractivity contribution is 5.85. The minimum atomic E-state index is -0.391. The Morgan fingerprint density at radius 3 is 2.64 bits per heavy atom. The summed E-state index contributed by atoms with van der Waals surface area (Å²) in [6.07, 6.45) is 3.25. The van der Waals surface area contributed by atoms with Crippen LogP contribution in [0.3, 0.4) is 0 Å². The minimum Gasteiger partial charge on any atom is -0.468 e. The van der Waals surface area contributed by atoms with Gasteiger partial charge in [-0.15, -0.1) is 12.4 Å². The van der Waals surface area contributed by atoms with Gasteiger partial charge >= 0.3 is 5.97 Å². The Kier molecular flexibility index (Phi) is 4.45. The predicted molar refractivity (Wildman–Crippen MR) is 44.6 cm³/mol. The molecule has 1 atom stereocenters. The van der Waals surface area contributed by atoms with Crippen LogP contribution in [0.1, 0.15) is 19.3 Å². The molecule has 0 aromatic heterocycles. The quantitative estimate of drug-likeness (QED) is 0.650. The van der Waals surface area contributed by atoms with E-state index in [1.54, 1.807) is 0 Å². The number of hydrogen-bond donors (Lipinski definition) is 1. The second-order valence-corrected chi connectivity index (χ2v) is 2.81. The number of esters is 1. The molecule has 0 radical (unpaired) electrons. The molecule has 1 aliphatic rings. The molecule has 2 N–H and O–H groups in total. The van der Waals surface area contributed by atoms with Gasteiger partial charge in [0.1, 0.15) is 6.04 Å². The maximum absolute atomic E-state index is 10.7. The lowest BCUT2D eigenvalue weighted by Crippen LogP contribution is -2.31. The van der Waals surface area contributed by atoms with Gasteiger partial charge in [0.05, 0.1) is 7.11 Å². The second kappa shape index (κ2) is 4.57. The van der Waals surface area contributed by atoms with E-state index in [1.165, 1.54) is 20.0 Å². The summed E-state index contributed by atoms with van der Waals surface area (Å²) >= 11 is 0. The molecule has 66 valence electrons. The van der Waals surface area contributed by atoms with Crippen molar-refractivity contribution in [1.82, 2.24) is 0 Å². The van der Waals surface area contributed by atoms with Crippen molar-refractivity contribution in [3.63, 3.8) is 0 Å². The number of carbonyl (C=O) groups excluding carboxylic acids is 1. The Hall–Kier alpha value is -0.280. The maximum atomic E-state index is 10.7. The van der Waals surface area contributed by atoms with E-state index in [2.05, 4.69) is 4.74 Å². The van der Waals surface area contributed by atoms with Gasteiger partial charge in [0.2, 0.25) is 0 Å². The summed E-state index contributed by atoms with van der Waals surface area (Å²) in [6, 6.07) is -0.391. The van der Waals surface area contributed by atoms with Gasteiger partial charge in [-0.1, -0.05) is 12.8 Å². The summed E-state index contributed by atoms with van der Waals surface area (Å²) in [7, 11) is 1.37. The van der Waals surface area contributed by atoms with Crippen molar-refractivity contribution in [2.45, 2.75) is 25.3 Å². The zero-order valence-corrected chi connectivity index (χ0v) is 7.39. The fourth-order valence-electron chi connectivity index (χ4n) is 0.960. The summed E-state index contributed by atoms with van der Waals surface area (Å²) in [5.41, 5.74) is 5.49. The summed E-state index contributed by atoms with van der Waals surface area (Å²) in [5.74, 6) is 0.404. The number of halogens is 1. The smallest absolute Gasteiger partial charge is 0.322 e. The average Bonchev–Trinajstić information content (AvgIpc) is 2.70. The molecule has 0 saturated heterocycles. The second-order valence-electron chi connectivity index (χ2n) is 2.81. The lowest BCUT2D eigenvalue weighted by Gasteiger charge is -2.06. The van der Waals surface area contributed by atoms with Crippen LogP contribution in [-0.4, -0.2) is 19.1 Å². The molecule has 0 heterocycles. The van der Waals surface area contributed by atoms with Crippen molar-refractivity contribution in [2.24, 2.45) is 11.7 Å². The molecule has 11 heavy (non-hydrogen) atoms. The molecule has 1 fully saturated rings. The highest BCUT2D eigenvalue weighted by atomic mass is 35.5. The van der Waals surface area contributed by atoms with Crippen LogP contribution in [0.2, 0.25) is 0 Å². The molecule has 0 unspecified atom stereocenters. The van der Waals surface area contributed by atoms with Crippen LogP contribution < -0.4 is 5.73 Å². The third kappa shape index (κ3) is 3.58. The highest BCUT2D eigenvalue weighted by Gasteiger charge is 2.27. The standard InChI is InChI=1S/C7H13NO2.ClH/c1-10-7(9)6(8)4-5-2-3-5;/h5-6H,2-4,8H2,1H3;1H/t6-;/m1./s1. The Bertz CT molecular complexity index is 136. The highest BCUT2D eigenvalue weighted by Crippen LogP contribution is 2.33. The van der Waals surface area contributed by atoms with Crippen LogP contribution in [0.4, 0.5) is 0 Å². The number of hydrogen-bond acceptors (Lipinski definition) is 3. The van der Waals surface area contributed by atoms with Gasteiger partial charge in [0.25, 0.3) is 0 Å². The van der Waals surface area contributed by atoms with Gasteiger partial charge < -0.3 is 10.5 Å². The fourth-order valence-corrected chi connectivity index (χ4v) is 0.960. The van der Waals surface area contributed by atoms with Crippen molar-refractivity contribution in [2.75, 3.05) is 7.11 Å². The Labute approximate surface area is 72.7 Å². The first-order valence-corrected chi connectivity index (χ1v) is 3.57. The van der Waals surface area contributed by atoms with Crippen molar-refractivity contribution in [1.29, 1.82) is 0 Å². The van der Waals surface area contributed by atoms with Gasteiger partial charge in [-0.25, -0.2) is 0 Å². The van der Waals surface area contributed by atoms with Crippen LogP contribution in [0.25, 0.3) is 0 Å². The van der Waals surface area contributed by atoms with Crippen LogP contribution in [0.5, 0.6) is 0 Å². The van der Waals surface area contributed by atoms with E-state index in [-0.39, 0.29) is 18.4 Å². The minimum absolute atomic E-state index is 0. The predicted octanol–water partition coefficient (Wildman–Crippen LogP) is 0.709. The number of rotatable bonds is 3. The molecule has 1 saturated carbocycles. The van der Waals surface area contributed by atoms with E-state index in [9.17, 15) is 4.79 Å². The Morgan fingerprint density at radius 1 is 1.73 bits per heavy atom. The fraction of sp³-hybridized carbons (Fsp3) is 0.857. The van der Waals surface area contributed by atoms with Crippen molar-refractivity contribution in [3.8, 4) is 0 Å². The van der Waals surface area contributed by atoms with Gasteiger partial charge in [-0.2, -0.15) is 0 Å². The Balaban J connectivity index is 0.000001000. The third-order valence-electron chi connectivity index (χ3n) is 1.79. The molecular weight excluding hydrogens is 166 g/mol. The summed E-state index contributed by atoms with van der Waals surface area (Å²) < 4.78 is 4.48. The molecule has 4 heteroatoms. The van der Waals surface area contributed by atoms with Crippen molar-refractivity contribution in [3.05, 3.63) is 0 Å². The summed E-state index contributed by atoms with van der Waals surface area (Å²) in [5, 5.41) is 0. The SMILES string of the molecule is COC(=O)[C@H](N)CC1CC1.Cl. The number of carbonyl (C=O) groups is 1. The molecule has 3 nitrogen and oxygen atoms in total. The van der Waals surface area contributed by atoms with E-state index in [4.69, 9.17) is 5.73 Å². The largest absolute Gasteiger partial charge is 0.468 e. The normalized spacial score (nSPS) is 18.4. The molecule has 0 spiro atoms. The van der Waals surface area contributed by atoms with Crippen LogP contribution in [-0.2, 0) is 9.53 Å². The van der Waals surface area contributed by atoms with Crippen LogP contribution >= 0.6 is 12.4 Å². The van der Waals surface area contributed by atoms with E-state index < -0.39 is 6.04 Å². The number of methoxy groups -OCH3 is 1. The summed E-state index contributed by atoms with van der Waals surface area (Å²) in [6.45, 7) is 0. The van der Waals surface area contributed by atoms with E-state index in [0.717, 1.165) is 6.42 Å². The molecule has 0 aliphatic heterocycles. The van der Waals surface area contributed by atoms with Crippen molar-refractivity contribution < 1.29 is 9.53 Å². The summed E-state index contributed by atoms with van der Waals surface area (Å²) in [4.78, 5) is 10.7. The van der Waals surface area contributed by atoms with Gasteiger partial charge in [0.15, 0.2) is 0 Å². The average molecular weight is 180 g/mol. The first-order valence-electron chi connectivity index (χ1n) is 3.57. The van der Waals surface area contributed by atoms with Gasteiger partial charge in [0, 0.05) is 0 Å². The van der Waals surface area contributed by atoms with Crippen LogP contribution in [0, 0.1) is 5.92 Å². The van der Waals surface area contributed by atoms with Crippen molar-refractivity contribution >= 4 is 18.4 Å². The van der Waals surface area contributed by atoms with E-state index in [0.29, 0.717) is 5.92 Å². The topological polar surface area (TPSA) is 52.3 Å². The molecule has 1 rings (SSSR count). The van der Waals surface area contributed by atoms with Gasteiger partial charge in [-0.3, -0.25) is 4.79 Å². The number of ether oxygens (including phenoxy) is 1. The monoisotopic (exact) mass is 179 g/mol. The maximum Gasteiger partial charge on any atom is 0.322 e. The molecule has 0 bridgehead atoms. The molecular formula is C7H14ClNO2. The lowest BCUT2D eigenvalue weighted by atomic mass is 10.1. The number of nitrogens with two attached hydrogens (primary N) is 1. The zero-order chi connectivity index (χ0) is 7.56. The first-order chi connectivity index (χ1) is 4.74. The molecule has 0 amide bonds.